The number of benzene rings is 1. The molecule has 3 aromatic heterocycles. The van der Waals surface area contributed by atoms with Gasteiger partial charge in [-0.15, -0.1) is 5.10 Å². The van der Waals surface area contributed by atoms with Gasteiger partial charge in [-0.1, -0.05) is 17.7 Å². The molecule has 0 spiro atoms. The first-order valence-electron chi connectivity index (χ1n) is 17.8. The van der Waals surface area contributed by atoms with Gasteiger partial charge in [0.15, 0.2) is 0 Å². The van der Waals surface area contributed by atoms with Gasteiger partial charge in [-0.25, -0.2) is 19.6 Å². The van der Waals surface area contributed by atoms with Gasteiger partial charge in [0.05, 0.1) is 55.3 Å². The van der Waals surface area contributed by atoms with Crippen LogP contribution in [0.25, 0.3) is 11.1 Å². The highest BCUT2D eigenvalue weighted by Gasteiger charge is 2.32. The molecule has 13 nitrogen and oxygen atoms in total. The number of aromatic nitrogens is 7. The summed E-state index contributed by atoms with van der Waals surface area (Å²) in [7, 11) is 0. The van der Waals surface area contributed by atoms with Gasteiger partial charge in [-0.3, -0.25) is 9.58 Å². The molecule has 4 aromatic rings. The van der Waals surface area contributed by atoms with Crippen LogP contribution in [0.1, 0.15) is 72.8 Å². The van der Waals surface area contributed by atoms with Crippen molar-refractivity contribution in [1.82, 2.24) is 39.4 Å². The summed E-state index contributed by atoms with van der Waals surface area (Å²) < 4.78 is 27.8. The van der Waals surface area contributed by atoms with E-state index in [1.165, 1.54) is 6.33 Å². The Morgan fingerprint density at radius 3 is 2.42 bits per heavy atom. The van der Waals surface area contributed by atoms with Crippen molar-refractivity contribution in [1.29, 1.82) is 0 Å². The standard InChI is InChI=1S/C36H50ClN9O4/c1-24(2)47-13-6-14-48-35-33(21-46(43-35)31-10-8-30(9-11-31)44-18-25(3)49-26(4)19-44)42-36-39-16-29(17-40-36)28-7-12-32(37)34(15-28)50-27(5)20-45-23-38-22-41-45/h7,12,15-17,21-27,30-31H,6,8-11,13-14,18-20H2,1-5H3,(H,39,40,42)/t25-,26+,27-,30?,31?/m0/s1. The maximum Gasteiger partial charge on any atom is 0.256 e. The molecule has 2 aliphatic rings. The van der Waals surface area contributed by atoms with Crippen molar-refractivity contribution in [2.45, 2.75) is 110 Å². The van der Waals surface area contributed by atoms with Crippen molar-refractivity contribution in [3.05, 3.63) is 54.5 Å². The zero-order valence-electron chi connectivity index (χ0n) is 29.7. The molecule has 0 bridgehead atoms. The lowest BCUT2D eigenvalue weighted by Crippen LogP contribution is -2.51. The number of ether oxygens (including phenoxy) is 4. The van der Waals surface area contributed by atoms with E-state index in [1.807, 2.05) is 45.2 Å². The first kappa shape index (κ1) is 36.0. The van der Waals surface area contributed by atoms with Crippen LogP contribution in [0.3, 0.4) is 0 Å². The second kappa shape index (κ2) is 17.0. The zero-order valence-corrected chi connectivity index (χ0v) is 30.5. The normalized spacial score (nSPS) is 22.1. The van der Waals surface area contributed by atoms with Gasteiger partial charge in [0.25, 0.3) is 5.88 Å². The molecule has 1 aliphatic heterocycles. The minimum atomic E-state index is -0.167. The van der Waals surface area contributed by atoms with Gasteiger partial charge >= 0.3 is 0 Å². The predicted octanol–water partition coefficient (Wildman–Crippen LogP) is 6.58. The van der Waals surface area contributed by atoms with Crippen LogP contribution in [-0.4, -0.2) is 96.2 Å². The summed E-state index contributed by atoms with van der Waals surface area (Å²) in [4.78, 5) is 15.9. The summed E-state index contributed by atoms with van der Waals surface area (Å²) in [5.74, 6) is 1.57. The summed E-state index contributed by atoms with van der Waals surface area (Å²) >= 11 is 6.48. The molecule has 1 aromatic carbocycles. The fourth-order valence-corrected chi connectivity index (χ4v) is 6.95. The van der Waals surface area contributed by atoms with Gasteiger partial charge in [0.2, 0.25) is 5.95 Å². The Labute approximate surface area is 299 Å². The quantitative estimate of drug-likeness (QED) is 0.135. The lowest BCUT2D eigenvalue weighted by molar-refractivity contribution is -0.0852. The molecule has 4 heterocycles. The van der Waals surface area contributed by atoms with Crippen molar-refractivity contribution in [2.24, 2.45) is 0 Å². The van der Waals surface area contributed by atoms with Crippen LogP contribution in [0.15, 0.2) is 49.4 Å². The topological polar surface area (TPSA) is 127 Å². The Hall–Kier alpha value is -3.78. The third-order valence-corrected chi connectivity index (χ3v) is 9.40. The van der Waals surface area contributed by atoms with E-state index < -0.39 is 0 Å². The molecule has 3 atom stereocenters. The van der Waals surface area contributed by atoms with Crippen molar-refractivity contribution in [2.75, 3.05) is 31.6 Å². The van der Waals surface area contributed by atoms with E-state index in [-0.39, 0.29) is 24.4 Å². The first-order chi connectivity index (χ1) is 24.2. The number of nitrogens with one attached hydrogen (secondary N) is 1. The minimum absolute atomic E-state index is 0.167. The molecular formula is C36H50ClN9O4. The van der Waals surface area contributed by atoms with E-state index in [1.54, 1.807) is 23.4 Å². The van der Waals surface area contributed by atoms with Crippen LogP contribution in [-0.2, 0) is 16.0 Å². The van der Waals surface area contributed by atoms with Crippen LogP contribution < -0.4 is 14.8 Å². The van der Waals surface area contributed by atoms with Gasteiger partial charge in [0.1, 0.15) is 30.2 Å². The maximum atomic E-state index is 6.48. The maximum absolute atomic E-state index is 6.48. The van der Waals surface area contributed by atoms with Crippen molar-refractivity contribution < 1.29 is 18.9 Å². The summed E-state index contributed by atoms with van der Waals surface area (Å²) in [6, 6.07) is 6.54. The SMILES string of the molecule is CC(C)OCCCOc1nn(C2CCC(N3C[C@@H](C)O[C@@H](C)C3)CC2)cc1Nc1ncc(-c2ccc(Cl)c(O[C@@H](C)Cn3cncn3)c2)cn1. The Morgan fingerprint density at radius 2 is 1.72 bits per heavy atom. The van der Waals surface area contributed by atoms with E-state index >= 15 is 0 Å². The van der Waals surface area contributed by atoms with E-state index in [2.05, 4.69) is 48.8 Å². The number of halogens is 1. The summed E-state index contributed by atoms with van der Waals surface area (Å²) in [6.07, 6.45) is 14.5. The molecule has 1 N–H and O–H groups in total. The average Bonchev–Trinajstić information content (AvgIpc) is 3.75. The second-order valence-electron chi connectivity index (χ2n) is 13.7. The molecule has 0 amide bonds. The highest BCUT2D eigenvalue weighted by Crippen LogP contribution is 2.36. The minimum Gasteiger partial charge on any atom is -0.487 e. The molecule has 6 rings (SSSR count). The molecule has 50 heavy (non-hydrogen) atoms. The molecule has 270 valence electrons. The highest BCUT2D eigenvalue weighted by molar-refractivity contribution is 6.32. The smallest absolute Gasteiger partial charge is 0.256 e. The lowest BCUT2D eigenvalue weighted by atomic mass is 9.89. The third-order valence-electron chi connectivity index (χ3n) is 9.08. The Bertz CT molecular complexity index is 1620. The van der Waals surface area contributed by atoms with Crippen LogP contribution in [0, 0.1) is 0 Å². The fourth-order valence-electron chi connectivity index (χ4n) is 6.78. The van der Waals surface area contributed by atoms with Gasteiger partial charge in [-0.2, -0.15) is 5.10 Å². The average molecular weight is 708 g/mol. The zero-order chi connectivity index (χ0) is 35.0. The van der Waals surface area contributed by atoms with Crippen molar-refractivity contribution in [3.63, 3.8) is 0 Å². The Balaban J connectivity index is 1.11. The summed E-state index contributed by atoms with van der Waals surface area (Å²) in [5.41, 5.74) is 2.46. The van der Waals surface area contributed by atoms with Gasteiger partial charge in [-0.05, 0) is 78.0 Å². The lowest BCUT2D eigenvalue weighted by Gasteiger charge is -2.42. The monoisotopic (exact) mass is 707 g/mol. The number of nitrogens with zero attached hydrogens (tertiary/aromatic N) is 8. The molecule has 1 saturated heterocycles. The molecule has 1 saturated carbocycles. The van der Waals surface area contributed by atoms with Crippen LogP contribution in [0.5, 0.6) is 11.6 Å². The number of hydrogen-bond acceptors (Lipinski definition) is 11. The number of rotatable bonds is 15. The predicted molar refractivity (Wildman–Crippen MR) is 192 cm³/mol. The summed E-state index contributed by atoms with van der Waals surface area (Å²) in [5, 5.41) is 13.0. The van der Waals surface area contributed by atoms with Crippen molar-refractivity contribution in [3.8, 4) is 22.8 Å². The molecule has 0 unspecified atom stereocenters. The molecule has 14 heteroatoms. The highest BCUT2D eigenvalue weighted by atomic mass is 35.5. The Morgan fingerprint density at radius 1 is 0.980 bits per heavy atom. The van der Waals surface area contributed by atoms with Gasteiger partial charge < -0.3 is 24.3 Å². The van der Waals surface area contributed by atoms with Crippen LogP contribution >= 0.6 is 11.6 Å². The fraction of sp³-hybridized carbons (Fsp3) is 0.583. The van der Waals surface area contributed by atoms with Crippen molar-refractivity contribution >= 4 is 23.2 Å². The third kappa shape index (κ3) is 9.71. The second-order valence-corrected chi connectivity index (χ2v) is 14.1. The number of anilines is 2. The largest absolute Gasteiger partial charge is 0.487 e. The van der Waals surface area contributed by atoms with Crippen LogP contribution in [0.4, 0.5) is 11.6 Å². The van der Waals surface area contributed by atoms with E-state index in [0.717, 1.165) is 62.0 Å². The van der Waals surface area contributed by atoms with E-state index in [4.69, 9.17) is 35.6 Å². The first-order valence-corrected chi connectivity index (χ1v) is 18.2. The van der Waals surface area contributed by atoms with E-state index in [0.29, 0.717) is 54.4 Å². The molecule has 0 radical (unpaired) electrons. The number of hydrogen-bond donors (Lipinski definition) is 1. The molecule has 2 fully saturated rings. The van der Waals surface area contributed by atoms with E-state index in [9.17, 15) is 0 Å². The molecular weight excluding hydrogens is 658 g/mol. The molecule has 1 aliphatic carbocycles. The Kier molecular flexibility index (Phi) is 12.2. The number of morpholine rings is 1. The van der Waals surface area contributed by atoms with Crippen LogP contribution in [0.2, 0.25) is 5.02 Å². The van der Waals surface area contributed by atoms with Gasteiger partial charge in [0, 0.05) is 43.5 Å². The summed E-state index contributed by atoms with van der Waals surface area (Å²) in [6.45, 7) is 14.1.